The lowest BCUT2D eigenvalue weighted by Crippen LogP contribution is -2.34. The smallest absolute Gasteiger partial charge is 0.234 e. The molecule has 0 fully saturated rings. The molecule has 0 aliphatic carbocycles. The topological polar surface area (TPSA) is 63.2 Å². The molecule has 0 aromatic carbocycles. The van der Waals surface area contributed by atoms with Gasteiger partial charge in [-0.3, -0.25) is 4.79 Å². The molecular weight excluding hydrogens is 297 g/mol. The first-order valence-corrected chi connectivity index (χ1v) is 5.97. The Bertz CT molecular complexity index is 337. The first-order chi connectivity index (χ1) is 7.72. The van der Waals surface area contributed by atoms with E-state index < -0.39 is 0 Å². The Morgan fingerprint density at radius 1 is 1.50 bits per heavy atom. The van der Waals surface area contributed by atoms with Gasteiger partial charge in [0.15, 0.2) is 0 Å². The second-order valence-electron chi connectivity index (χ2n) is 3.33. The Morgan fingerprint density at radius 2 is 2.22 bits per heavy atom. The number of hydrogen-bond donors (Lipinski definition) is 2. The average Bonchev–Trinajstić information content (AvgIpc) is 2.68. The molecule has 0 aliphatic heterocycles. The number of aryl methyl sites for hydroxylation is 1. The van der Waals surface area contributed by atoms with Crippen molar-refractivity contribution in [2.45, 2.75) is 13.5 Å². The average molecular weight is 316 g/mol. The number of nitrogens with zero attached hydrogens (tertiary/aromatic N) is 1. The summed E-state index contributed by atoms with van der Waals surface area (Å²) in [5, 5.41) is 8.67. The predicted molar refractivity (Wildman–Crippen MR) is 77.9 cm³/mol. The molecule has 1 aromatic heterocycles. The normalized spacial score (nSPS) is 9.22. The number of carbonyl (C=O) groups is 1. The van der Waals surface area contributed by atoms with E-state index in [2.05, 4.69) is 15.6 Å². The van der Waals surface area contributed by atoms with Crippen LogP contribution in [-0.4, -0.2) is 37.7 Å². The number of nitrogens with one attached hydrogen (secondary N) is 2. The summed E-state index contributed by atoms with van der Waals surface area (Å²) >= 11 is 1.56. The molecule has 0 aliphatic rings. The number of rotatable bonds is 7. The van der Waals surface area contributed by atoms with Crippen LogP contribution in [0.1, 0.15) is 10.7 Å². The minimum atomic E-state index is -0.0241. The molecule has 5 nitrogen and oxygen atoms in total. The van der Waals surface area contributed by atoms with E-state index in [1.165, 1.54) is 0 Å². The predicted octanol–water partition coefficient (Wildman–Crippen LogP) is 1.15. The molecule has 0 spiro atoms. The van der Waals surface area contributed by atoms with Crippen molar-refractivity contribution in [2.75, 3.05) is 26.8 Å². The number of amides is 1. The highest BCUT2D eigenvalue weighted by atomic mass is 35.5. The molecule has 0 saturated heterocycles. The van der Waals surface area contributed by atoms with Gasteiger partial charge in [0.2, 0.25) is 5.91 Å². The number of aromatic nitrogens is 1. The number of carbonyl (C=O) groups excluding carboxylic acids is 1. The van der Waals surface area contributed by atoms with Gasteiger partial charge in [-0.15, -0.1) is 36.2 Å². The van der Waals surface area contributed by atoms with Crippen LogP contribution in [-0.2, 0) is 16.1 Å². The molecule has 8 heteroatoms. The van der Waals surface area contributed by atoms with Gasteiger partial charge in [0.05, 0.1) is 19.7 Å². The van der Waals surface area contributed by atoms with Crippen LogP contribution in [0.5, 0.6) is 0 Å². The van der Waals surface area contributed by atoms with Crippen LogP contribution in [0.2, 0.25) is 0 Å². The molecule has 0 unspecified atom stereocenters. The highest BCUT2D eigenvalue weighted by Gasteiger charge is 2.02. The van der Waals surface area contributed by atoms with Gasteiger partial charge in [0.25, 0.3) is 0 Å². The van der Waals surface area contributed by atoms with E-state index in [1.54, 1.807) is 18.4 Å². The van der Waals surface area contributed by atoms with Crippen molar-refractivity contribution in [3.8, 4) is 0 Å². The van der Waals surface area contributed by atoms with Crippen molar-refractivity contribution >= 4 is 42.1 Å². The van der Waals surface area contributed by atoms with Crippen LogP contribution in [0, 0.1) is 6.92 Å². The summed E-state index contributed by atoms with van der Waals surface area (Å²) in [5.41, 5.74) is 0.993. The zero-order valence-corrected chi connectivity index (χ0v) is 12.8. The van der Waals surface area contributed by atoms with Crippen LogP contribution in [0.4, 0.5) is 0 Å². The Labute approximate surface area is 124 Å². The maximum absolute atomic E-state index is 11.3. The Morgan fingerprint density at radius 3 is 2.78 bits per heavy atom. The van der Waals surface area contributed by atoms with Crippen LogP contribution < -0.4 is 10.6 Å². The van der Waals surface area contributed by atoms with Crippen LogP contribution in [0.3, 0.4) is 0 Å². The van der Waals surface area contributed by atoms with E-state index in [4.69, 9.17) is 4.74 Å². The molecule has 0 radical (unpaired) electrons. The molecule has 1 aromatic rings. The van der Waals surface area contributed by atoms with Crippen molar-refractivity contribution in [3.63, 3.8) is 0 Å². The summed E-state index contributed by atoms with van der Waals surface area (Å²) in [4.78, 5) is 15.6. The van der Waals surface area contributed by atoms with Gasteiger partial charge in [-0.2, -0.15) is 0 Å². The fraction of sp³-hybridized carbons (Fsp3) is 0.600. The number of hydrogen-bond acceptors (Lipinski definition) is 5. The molecule has 0 atom stereocenters. The van der Waals surface area contributed by atoms with E-state index in [9.17, 15) is 4.79 Å². The van der Waals surface area contributed by atoms with E-state index in [1.807, 2.05) is 12.3 Å². The summed E-state index contributed by atoms with van der Waals surface area (Å²) in [6.45, 7) is 4.05. The third-order valence-electron chi connectivity index (χ3n) is 1.87. The highest BCUT2D eigenvalue weighted by Crippen LogP contribution is 2.07. The Hall–Kier alpha value is -0.400. The number of thiazole rings is 1. The maximum atomic E-state index is 11.3. The zero-order chi connectivity index (χ0) is 11.8. The molecule has 106 valence electrons. The lowest BCUT2D eigenvalue weighted by molar-refractivity contribution is -0.120. The number of methoxy groups -OCH3 is 1. The van der Waals surface area contributed by atoms with Crippen molar-refractivity contribution in [2.24, 2.45) is 0 Å². The van der Waals surface area contributed by atoms with Crippen molar-refractivity contribution in [3.05, 3.63) is 16.1 Å². The monoisotopic (exact) mass is 315 g/mol. The molecule has 1 rings (SSSR count). The summed E-state index contributed by atoms with van der Waals surface area (Å²) in [7, 11) is 1.63. The SMILES string of the molecule is COCCNCC(=O)NCc1nc(C)cs1.Cl.Cl. The lowest BCUT2D eigenvalue weighted by Gasteiger charge is -2.04. The summed E-state index contributed by atoms with van der Waals surface area (Å²) in [6, 6.07) is 0. The first kappa shape index (κ1) is 19.9. The van der Waals surface area contributed by atoms with Crippen LogP contribution in [0.15, 0.2) is 5.38 Å². The summed E-state index contributed by atoms with van der Waals surface area (Å²) in [6.07, 6.45) is 0. The van der Waals surface area contributed by atoms with Crippen molar-refractivity contribution < 1.29 is 9.53 Å². The first-order valence-electron chi connectivity index (χ1n) is 5.09. The number of halogens is 2. The van der Waals surface area contributed by atoms with Gasteiger partial charge >= 0.3 is 0 Å². The molecule has 1 amide bonds. The third kappa shape index (κ3) is 8.66. The molecule has 0 saturated carbocycles. The van der Waals surface area contributed by atoms with Gasteiger partial charge in [0, 0.05) is 24.7 Å². The lowest BCUT2D eigenvalue weighted by atomic mass is 10.5. The van der Waals surface area contributed by atoms with Gasteiger partial charge < -0.3 is 15.4 Å². The minimum Gasteiger partial charge on any atom is -0.383 e. The van der Waals surface area contributed by atoms with Gasteiger partial charge in [0.1, 0.15) is 5.01 Å². The van der Waals surface area contributed by atoms with E-state index in [0.717, 1.165) is 10.7 Å². The second-order valence-corrected chi connectivity index (χ2v) is 4.27. The Balaban J connectivity index is 0. The van der Waals surface area contributed by atoms with Gasteiger partial charge in [-0.25, -0.2) is 4.98 Å². The molecular formula is C10H19Cl2N3O2S. The van der Waals surface area contributed by atoms with Gasteiger partial charge in [-0.1, -0.05) is 0 Å². The minimum absolute atomic E-state index is 0. The van der Waals surface area contributed by atoms with Crippen molar-refractivity contribution in [1.82, 2.24) is 15.6 Å². The fourth-order valence-electron chi connectivity index (χ4n) is 1.10. The van der Waals surface area contributed by atoms with Gasteiger partial charge in [-0.05, 0) is 6.92 Å². The fourth-order valence-corrected chi connectivity index (χ4v) is 1.81. The maximum Gasteiger partial charge on any atom is 0.234 e. The standard InChI is InChI=1S/C10H17N3O2S.2ClH/c1-8-7-16-10(13-8)6-12-9(14)5-11-3-4-15-2;;/h7,11H,3-6H2,1-2H3,(H,12,14);2*1H. The summed E-state index contributed by atoms with van der Waals surface area (Å²) in [5.74, 6) is -0.0241. The largest absolute Gasteiger partial charge is 0.383 e. The second kappa shape index (κ2) is 11.7. The van der Waals surface area contributed by atoms with Crippen LogP contribution >= 0.6 is 36.2 Å². The van der Waals surface area contributed by atoms with Crippen LogP contribution in [0.25, 0.3) is 0 Å². The zero-order valence-electron chi connectivity index (χ0n) is 10.4. The van der Waals surface area contributed by atoms with E-state index >= 15 is 0 Å². The van der Waals surface area contributed by atoms with E-state index in [0.29, 0.717) is 26.2 Å². The molecule has 18 heavy (non-hydrogen) atoms. The molecule has 0 bridgehead atoms. The summed E-state index contributed by atoms with van der Waals surface area (Å²) < 4.78 is 4.85. The number of ether oxygens (including phenoxy) is 1. The quantitative estimate of drug-likeness (QED) is 0.741. The molecule has 1 heterocycles. The highest BCUT2D eigenvalue weighted by molar-refractivity contribution is 7.09. The third-order valence-corrected chi connectivity index (χ3v) is 2.84. The molecule has 2 N–H and O–H groups in total. The Kier molecular flexibility index (Phi) is 12.9. The van der Waals surface area contributed by atoms with Crippen molar-refractivity contribution in [1.29, 1.82) is 0 Å². The van der Waals surface area contributed by atoms with E-state index in [-0.39, 0.29) is 30.7 Å².